The predicted molar refractivity (Wildman–Crippen MR) is 56.3 cm³/mol. The van der Waals surface area contributed by atoms with Gasteiger partial charge < -0.3 is 10.4 Å². The molecule has 17 heavy (non-hydrogen) atoms. The van der Waals surface area contributed by atoms with Gasteiger partial charge in [-0.15, -0.1) is 0 Å². The molecule has 0 aromatic carbocycles. The molecule has 0 saturated heterocycles. The van der Waals surface area contributed by atoms with Crippen molar-refractivity contribution >= 4 is 21.8 Å². The van der Waals surface area contributed by atoms with Gasteiger partial charge >= 0.3 is 6.18 Å². The molecule has 0 aliphatic heterocycles. The highest BCUT2D eigenvalue weighted by Gasteiger charge is 2.38. The maximum atomic E-state index is 11.9. The number of halogens is 4. The van der Waals surface area contributed by atoms with Crippen LogP contribution in [0.4, 0.5) is 13.2 Å². The summed E-state index contributed by atoms with van der Waals surface area (Å²) in [5.74, 6) is -0.734. The first-order valence-electron chi connectivity index (χ1n) is 4.44. The predicted octanol–water partition coefficient (Wildman–Crippen LogP) is 1.50. The molecule has 0 saturated carbocycles. The average molecular weight is 313 g/mol. The topological polar surface area (TPSA) is 62.2 Å². The molecule has 1 aromatic heterocycles. The number of rotatable bonds is 3. The minimum Gasteiger partial charge on any atom is -0.382 e. The zero-order chi connectivity index (χ0) is 13.1. The molecule has 1 atom stereocenters. The standard InChI is InChI=1S/C9H8BrF3N2O2/c10-6-1-5(2-14-3-6)8(17)15-4-7(16)9(11,12)13/h1-3,7,16H,4H2,(H,15,17). The van der Waals surface area contributed by atoms with E-state index >= 15 is 0 Å². The van der Waals surface area contributed by atoms with E-state index in [4.69, 9.17) is 5.11 Å². The Kier molecular flexibility index (Phi) is 4.47. The molecule has 0 bridgehead atoms. The Labute approximate surface area is 103 Å². The average Bonchev–Trinajstić information content (AvgIpc) is 2.24. The molecule has 1 heterocycles. The van der Waals surface area contributed by atoms with Gasteiger partial charge in [0.1, 0.15) is 0 Å². The van der Waals surface area contributed by atoms with Crippen LogP contribution in [0.5, 0.6) is 0 Å². The summed E-state index contributed by atoms with van der Waals surface area (Å²) in [4.78, 5) is 15.1. The number of carbonyl (C=O) groups excluding carboxylic acids is 1. The quantitative estimate of drug-likeness (QED) is 0.889. The largest absolute Gasteiger partial charge is 0.416 e. The van der Waals surface area contributed by atoms with Crippen LogP contribution in [0.1, 0.15) is 10.4 Å². The Morgan fingerprint density at radius 2 is 2.18 bits per heavy atom. The summed E-state index contributed by atoms with van der Waals surface area (Å²) in [5.41, 5.74) is 0.105. The third kappa shape index (κ3) is 4.31. The second-order valence-electron chi connectivity index (χ2n) is 3.16. The molecule has 1 unspecified atom stereocenters. The monoisotopic (exact) mass is 312 g/mol. The lowest BCUT2D eigenvalue weighted by Gasteiger charge is -2.14. The molecule has 0 aliphatic carbocycles. The first kappa shape index (κ1) is 13.9. The van der Waals surface area contributed by atoms with E-state index in [1.165, 1.54) is 18.5 Å². The summed E-state index contributed by atoms with van der Waals surface area (Å²) in [6, 6.07) is 1.41. The smallest absolute Gasteiger partial charge is 0.382 e. The highest BCUT2D eigenvalue weighted by molar-refractivity contribution is 9.10. The number of aliphatic hydroxyl groups excluding tert-OH is 1. The molecule has 0 radical (unpaired) electrons. The van der Waals surface area contributed by atoms with Crippen molar-refractivity contribution in [3.8, 4) is 0 Å². The summed E-state index contributed by atoms with van der Waals surface area (Å²) < 4.78 is 36.4. The van der Waals surface area contributed by atoms with Crippen LogP contribution in [0, 0.1) is 0 Å². The molecule has 8 heteroatoms. The van der Waals surface area contributed by atoms with Crippen molar-refractivity contribution in [2.45, 2.75) is 12.3 Å². The van der Waals surface area contributed by atoms with Crippen LogP contribution in [0.15, 0.2) is 22.9 Å². The minimum absolute atomic E-state index is 0.105. The zero-order valence-corrected chi connectivity index (χ0v) is 9.92. The molecule has 2 N–H and O–H groups in total. The number of hydrogen-bond acceptors (Lipinski definition) is 3. The number of pyridine rings is 1. The van der Waals surface area contributed by atoms with Crippen molar-refractivity contribution in [3.05, 3.63) is 28.5 Å². The zero-order valence-electron chi connectivity index (χ0n) is 8.33. The highest BCUT2D eigenvalue weighted by atomic mass is 79.9. The van der Waals surface area contributed by atoms with E-state index in [0.29, 0.717) is 4.47 Å². The van der Waals surface area contributed by atoms with Gasteiger partial charge in [0.15, 0.2) is 6.10 Å². The summed E-state index contributed by atoms with van der Waals surface area (Å²) in [5, 5.41) is 10.6. The van der Waals surface area contributed by atoms with Gasteiger partial charge in [-0.25, -0.2) is 0 Å². The molecular formula is C9H8BrF3N2O2. The van der Waals surface area contributed by atoms with Gasteiger partial charge in [-0.05, 0) is 22.0 Å². The molecule has 4 nitrogen and oxygen atoms in total. The number of alkyl halides is 3. The molecule has 94 valence electrons. The number of aliphatic hydroxyl groups is 1. The van der Waals surface area contributed by atoms with Crippen LogP contribution in [0.3, 0.4) is 0 Å². The first-order chi connectivity index (χ1) is 7.80. The number of amides is 1. The van der Waals surface area contributed by atoms with Crippen molar-refractivity contribution in [3.63, 3.8) is 0 Å². The molecule has 0 fully saturated rings. The van der Waals surface area contributed by atoms with Gasteiger partial charge in [0, 0.05) is 16.9 Å². The van der Waals surface area contributed by atoms with E-state index in [-0.39, 0.29) is 5.56 Å². The number of hydrogen-bond donors (Lipinski definition) is 2. The van der Waals surface area contributed by atoms with Crippen LogP contribution in [0.2, 0.25) is 0 Å². The maximum absolute atomic E-state index is 11.9. The SMILES string of the molecule is O=C(NCC(O)C(F)(F)F)c1cncc(Br)c1. The number of nitrogens with zero attached hydrogens (tertiary/aromatic N) is 1. The van der Waals surface area contributed by atoms with Gasteiger partial charge in [-0.3, -0.25) is 9.78 Å². The van der Waals surface area contributed by atoms with Gasteiger partial charge in [0.25, 0.3) is 5.91 Å². The molecule has 1 rings (SSSR count). The third-order valence-corrected chi connectivity index (χ3v) is 2.23. The fourth-order valence-corrected chi connectivity index (χ4v) is 1.31. The van der Waals surface area contributed by atoms with E-state index in [9.17, 15) is 18.0 Å². The fraction of sp³-hybridized carbons (Fsp3) is 0.333. The van der Waals surface area contributed by atoms with Gasteiger partial charge in [0.05, 0.1) is 12.1 Å². The summed E-state index contributed by atoms with van der Waals surface area (Å²) in [6.07, 6.45) is -4.68. The Hall–Kier alpha value is -1.15. The molecule has 1 amide bonds. The summed E-state index contributed by atoms with van der Waals surface area (Å²) in [7, 11) is 0. The van der Waals surface area contributed by atoms with Crippen LogP contribution in [-0.2, 0) is 0 Å². The van der Waals surface area contributed by atoms with Gasteiger partial charge in [-0.1, -0.05) is 0 Å². The number of nitrogens with one attached hydrogen (secondary N) is 1. The van der Waals surface area contributed by atoms with Crippen molar-refractivity contribution in [2.75, 3.05) is 6.54 Å². The second kappa shape index (κ2) is 5.46. The van der Waals surface area contributed by atoms with Gasteiger partial charge in [-0.2, -0.15) is 13.2 Å². The van der Waals surface area contributed by atoms with Crippen molar-refractivity contribution < 1.29 is 23.1 Å². The molecule has 0 aliphatic rings. The summed E-state index contributed by atoms with van der Waals surface area (Å²) in [6.45, 7) is -0.894. The van der Waals surface area contributed by atoms with Crippen LogP contribution >= 0.6 is 15.9 Å². The molecule has 1 aromatic rings. The normalized spacial score (nSPS) is 13.2. The van der Waals surface area contributed by atoms with Crippen LogP contribution < -0.4 is 5.32 Å². The van der Waals surface area contributed by atoms with E-state index in [1.54, 1.807) is 0 Å². The minimum atomic E-state index is -4.75. The Balaban J connectivity index is 2.57. The van der Waals surface area contributed by atoms with Crippen molar-refractivity contribution in [1.29, 1.82) is 0 Å². The van der Waals surface area contributed by atoms with E-state index in [0.717, 1.165) is 0 Å². The lowest BCUT2D eigenvalue weighted by Crippen LogP contribution is -2.40. The molecule has 0 spiro atoms. The van der Waals surface area contributed by atoms with Gasteiger partial charge in [0.2, 0.25) is 0 Å². The first-order valence-corrected chi connectivity index (χ1v) is 5.23. The Morgan fingerprint density at radius 3 is 2.71 bits per heavy atom. The molecular weight excluding hydrogens is 305 g/mol. The Morgan fingerprint density at radius 1 is 1.53 bits per heavy atom. The van der Waals surface area contributed by atoms with E-state index < -0.39 is 24.7 Å². The van der Waals surface area contributed by atoms with Crippen LogP contribution in [0.25, 0.3) is 0 Å². The Bertz CT molecular complexity index is 411. The summed E-state index contributed by atoms with van der Waals surface area (Å²) >= 11 is 3.07. The second-order valence-corrected chi connectivity index (χ2v) is 4.07. The fourth-order valence-electron chi connectivity index (χ4n) is 0.943. The maximum Gasteiger partial charge on any atom is 0.416 e. The lowest BCUT2D eigenvalue weighted by atomic mass is 10.2. The lowest BCUT2D eigenvalue weighted by molar-refractivity contribution is -0.201. The van der Waals surface area contributed by atoms with Crippen molar-refractivity contribution in [2.24, 2.45) is 0 Å². The van der Waals surface area contributed by atoms with Crippen molar-refractivity contribution in [1.82, 2.24) is 10.3 Å². The highest BCUT2D eigenvalue weighted by Crippen LogP contribution is 2.19. The van der Waals surface area contributed by atoms with E-state index in [2.05, 4.69) is 20.9 Å². The van der Waals surface area contributed by atoms with Crippen LogP contribution in [-0.4, -0.2) is 34.8 Å². The van der Waals surface area contributed by atoms with E-state index in [1.807, 2.05) is 5.32 Å². The number of aromatic nitrogens is 1. The third-order valence-electron chi connectivity index (χ3n) is 1.80. The number of carbonyl (C=O) groups is 1.